The van der Waals surface area contributed by atoms with Crippen LogP contribution in [0.2, 0.25) is 0 Å². The largest absolute Gasteiger partial charge is 0.241 e. The molecule has 0 aliphatic heterocycles. The Morgan fingerprint density at radius 1 is 1.10 bits per heavy atom. The van der Waals surface area contributed by atoms with E-state index in [1.165, 1.54) is 5.56 Å². The molecule has 1 aromatic rings. The van der Waals surface area contributed by atoms with Gasteiger partial charge in [-0.2, -0.15) is 0 Å². The maximum absolute atomic E-state index is 8.49. The molecule has 0 aliphatic carbocycles. The van der Waals surface area contributed by atoms with Gasteiger partial charge >= 0.3 is 0 Å². The van der Waals surface area contributed by atoms with Crippen LogP contribution in [-0.2, 0) is 0 Å². The molecule has 7 heteroatoms. The molecule has 0 radical (unpaired) electrons. The zero-order chi connectivity index (χ0) is 16.6. The molecular formula is C14H19Cl2NO4. The van der Waals surface area contributed by atoms with Crippen molar-refractivity contribution in [1.82, 2.24) is 0 Å². The number of halogens is 2. The second-order valence-corrected chi connectivity index (χ2v) is 5.95. The Hall–Kier alpha value is -0.950. The van der Waals surface area contributed by atoms with Gasteiger partial charge in [-0.1, -0.05) is 49.7 Å². The summed E-state index contributed by atoms with van der Waals surface area (Å²) >= 11 is 6.19. The molecule has 0 bridgehead atoms. The summed E-state index contributed by atoms with van der Waals surface area (Å²) in [6.45, 7) is 4.37. The van der Waals surface area contributed by atoms with Crippen molar-refractivity contribution in [2.45, 2.75) is 19.8 Å². The van der Waals surface area contributed by atoms with Crippen LogP contribution >= 0.6 is 11.6 Å². The molecule has 0 N–H and O–H groups in total. The summed E-state index contributed by atoms with van der Waals surface area (Å²) in [7, 11) is -0.995. The number of allylic oxidation sites excluding steroid dienone is 1. The number of rotatable bonds is 3. The average molecular weight is 336 g/mol. The van der Waals surface area contributed by atoms with Crippen molar-refractivity contribution < 1.29 is 33.5 Å². The van der Waals surface area contributed by atoms with E-state index in [4.69, 9.17) is 30.2 Å². The molecule has 0 spiro atoms. The van der Waals surface area contributed by atoms with Crippen LogP contribution in [0.15, 0.2) is 30.3 Å². The third kappa shape index (κ3) is 11.4. The lowest BCUT2D eigenvalue weighted by atomic mass is 10.0. The van der Waals surface area contributed by atoms with Crippen molar-refractivity contribution in [1.29, 1.82) is 0 Å². The molecule has 0 aromatic heterocycles. The average Bonchev–Trinajstić information content (AvgIpc) is 2.34. The lowest BCUT2D eigenvalue weighted by Gasteiger charge is -2.17. The summed E-state index contributed by atoms with van der Waals surface area (Å²) in [5.74, 6) is 0.560. The van der Waals surface area contributed by atoms with Crippen molar-refractivity contribution in [3.8, 4) is 0 Å². The highest BCUT2D eigenvalue weighted by atomic mass is 35.7. The van der Waals surface area contributed by atoms with Gasteiger partial charge in [-0.25, -0.2) is 23.2 Å². The third-order valence-corrected chi connectivity index (χ3v) is 2.72. The second-order valence-electron chi connectivity index (χ2n) is 4.78. The van der Waals surface area contributed by atoms with Crippen molar-refractivity contribution in [2.75, 3.05) is 14.1 Å². The summed E-state index contributed by atoms with van der Waals surface area (Å²) < 4.78 is 35.9. The molecule has 0 saturated heterocycles. The normalized spacial score (nSPS) is 11.8. The van der Waals surface area contributed by atoms with Gasteiger partial charge in [0.25, 0.3) is 0 Å². The van der Waals surface area contributed by atoms with Crippen LogP contribution < -0.4 is 18.6 Å². The van der Waals surface area contributed by atoms with Crippen LogP contribution in [0.3, 0.4) is 0 Å². The van der Waals surface area contributed by atoms with Crippen LogP contribution in [0.1, 0.15) is 30.9 Å². The van der Waals surface area contributed by atoms with E-state index in [-0.39, 0.29) is 0 Å². The minimum atomic E-state index is -4.94. The lowest BCUT2D eigenvalue weighted by molar-refractivity contribution is -2.00. The highest BCUT2D eigenvalue weighted by Gasteiger charge is 2.01. The smallest absolute Gasteiger partial charge is 0.164 e. The maximum Gasteiger partial charge on any atom is 0.164 e. The maximum atomic E-state index is 8.49. The van der Waals surface area contributed by atoms with E-state index >= 15 is 0 Å². The van der Waals surface area contributed by atoms with Crippen molar-refractivity contribution in [3.63, 3.8) is 0 Å². The fourth-order valence-electron chi connectivity index (χ4n) is 1.34. The Morgan fingerprint density at radius 3 is 1.86 bits per heavy atom. The van der Waals surface area contributed by atoms with Gasteiger partial charge in [0.15, 0.2) is 6.21 Å². The van der Waals surface area contributed by atoms with Crippen LogP contribution in [-0.4, -0.2) is 24.9 Å². The number of hydrogen-bond donors (Lipinski definition) is 0. The first-order chi connectivity index (χ1) is 9.50. The summed E-state index contributed by atoms with van der Waals surface area (Å²) in [5, 5.41) is 0.768. The van der Waals surface area contributed by atoms with E-state index in [1.807, 2.05) is 31.0 Å². The highest BCUT2D eigenvalue weighted by molar-refractivity contribution is 6.49. The molecule has 0 saturated carbocycles. The monoisotopic (exact) mass is 335 g/mol. The van der Waals surface area contributed by atoms with Crippen molar-refractivity contribution >= 4 is 22.8 Å². The first-order valence-corrected chi connectivity index (χ1v) is 7.71. The fraction of sp³-hybridized carbons (Fsp3) is 0.357. The number of benzene rings is 1. The molecule has 0 amide bonds. The van der Waals surface area contributed by atoms with Gasteiger partial charge in [-0.15, -0.1) is 10.2 Å². The predicted molar refractivity (Wildman–Crippen MR) is 72.5 cm³/mol. The molecule has 0 unspecified atom stereocenters. The molecule has 0 heterocycles. The standard InChI is InChI=1S/C14H19ClN.ClHO4/c1-11(2)12-5-7-13(8-6-12)14(15)9-10-16(3)4;2-1(3,4)5/h5-11H,1-4H3;(H,2,3,4,5)/q+1;/p-1/b14-9-;. The minimum Gasteiger partial charge on any atom is -0.241 e. The first-order valence-electron chi connectivity index (χ1n) is 6.10. The molecule has 1 rings (SSSR count). The first kappa shape index (κ1) is 20.1. The van der Waals surface area contributed by atoms with Gasteiger partial charge in [0.2, 0.25) is 0 Å². The summed E-state index contributed by atoms with van der Waals surface area (Å²) in [6, 6.07) is 8.40. The Balaban J connectivity index is 0.000000690. The second kappa shape index (κ2) is 9.15. The van der Waals surface area contributed by atoms with Crippen LogP contribution in [0.4, 0.5) is 0 Å². The van der Waals surface area contributed by atoms with Gasteiger partial charge in [0, 0.05) is 6.08 Å². The number of nitrogens with zero attached hydrogens (tertiary/aromatic N) is 1. The van der Waals surface area contributed by atoms with Crippen LogP contribution in [0, 0.1) is 10.2 Å². The van der Waals surface area contributed by atoms with Crippen LogP contribution in [0.5, 0.6) is 0 Å². The van der Waals surface area contributed by atoms with E-state index in [1.54, 1.807) is 0 Å². The Kier molecular flexibility index (Phi) is 8.73. The van der Waals surface area contributed by atoms with Gasteiger partial charge in [0.05, 0.1) is 5.03 Å². The van der Waals surface area contributed by atoms with E-state index in [9.17, 15) is 0 Å². The molecule has 5 nitrogen and oxygen atoms in total. The van der Waals surface area contributed by atoms with E-state index in [2.05, 4.69) is 38.1 Å². The van der Waals surface area contributed by atoms with Gasteiger partial charge < -0.3 is 0 Å². The summed E-state index contributed by atoms with van der Waals surface area (Å²) in [5.41, 5.74) is 2.40. The van der Waals surface area contributed by atoms with E-state index in [0.29, 0.717) is 5.92 Å². The zero-order valence-corrected chi connectivity index (χ0v) is 13.9. The highest BCUT2D eigenvalue weighted by Crippen LogP contribution is 2.21. The van der Waals surface area contributed by atoms with Crippen molar-refractivity contribution in [2.24, 2.45) is 0 Å². The number of hydrogen-bond acceptors (Lipinski definition) is 4. The third-order valence-electron chi connectivity index (χ3n) is 2.37. The molecule has 0 atom stereocenters. The molecule has 21 heavy (non-hydrogen) atoms. The van der Waals surface area contributed by atoms with E-state index in [0.717, 1.165) is 10.6 Å². The fourth-order valence-corrected chi connectivity index (χ4v) is 1.52. The van der Waals surface area contributed by atoms with Gasteiger partial charge in [-0.3, -0.25) is 0 Å². The molecule has 0 fully saturated rings. The topological polar surface area (TPSA) is 95.2 Å². The van der Waals surface area contributed by atoms with Crippen molar-refractivity contribution in [3.05, 3.63) is 41.5 Å². The SMILES string of the molecule is CC(C)c1ccc(/C(Cl)=C/C=[N+](C)C)cc1.[O-][Cl+3]([O-])([O-])[O-]. The Labute approximate surface area is 132 Å². The summed E-state index contributed by atoms with van der Waals surface area (Å²) in [4.78, 5) is 0. The Morgan fingerprint density at radius 2 is 1.52 bits per heavy atom. The lowest BCUT2D eigenvalue weighted by Crippen LogP contribution is -2.68. The van der Waals surface area contributed by atoms with Gasteiger partial charge in [-0.05, 0) is 17.0 Å². The predicted octanol–water partition coefficient (Wildman–Crippen LogP) is -1.02. The van der Waals surface area contributed by atoms with Crippen LogP contribution in [0.25, 0.3) is 5.03 Å². The zero-order valence-electron chi connectivity index (χ0n) is 12.4. The summed E-state index contributed by atoms with van der Waals surface area (Å²) in [6.07, 6.45) is 3.85. The minimum absolute atomic E-state index is 0.560. The Bertz CT molecular complexity index is 481. The molecule has 1 aromatic carbocycles. The molecular weight excluding hydrogens is 317 g/mol. The molecule has 118 valence electrons. The quantitative estimate of drug-likeness (QED) is 0.521. The van der Waals surface area contributed by atoms with Gasteiger partial charge in [0.1, 0.15) is 14.1 Å². The molecule has 0 aliphatic rings. The van der Waals surface area contributed by atoms with E-state index < -0.39 is 10.2 Å².